The molecule has 0 bridgehead atoms. The second-order valence-electron chi connectivity index (χ2n) is 4.55. The van der Waals surface area contributed by atoms with Gasteiger partial charge in [-0.25, -0.2) is 9.69 Å². The number of ether oxygens (including phenoxy) is 1. The summed E-state index contributed by atoms with van der Waals surface area (Å²) >= 11 is 0. The van der Waals surface area contributed by atoms with Gasteiger partial charge in [0.05, 0.1) is 12.8 Å². The topological polar surface area (TPSA) is 58.6 Å². The lowest BCUT2D eigenvalue weighted by Crippen LogP contribution is -2.34. The molecular formula is C13H16N2O3. The Morgan fingerprint density at radius 1 is 1.33 bits per heavy atom. The van der Waals surface area contributed by atoms with E-state index in [4.69, 9.17) is 4.74 Å². The highest BCUT2D eigenvalue weighted by molar-refractivity contribution is 6.21. The summed E-state index contributed by atoms with van der Waals surface area (Å²) in [7, 11) is 1.54. The number of amides is 3. The van der Waals surface area contributed by atoms with E-state index in [-0.39, 0.29) is 17.9 Å². The molecule has 1 aliphatic rings. The van der Waals surface area contributed by atoms with Crippen LogP contribution in [-0.4, -0.2) is 25.1 Å². The van der Waals surface area contributed by atoms with Gasteiger partial charge in [-0.05, 0) is 18.1 Å². The van der Waals surface area contributed by atoms with Gasteiger partial charge < -0.3 is 10.1 Å². The van der Waals surface area contributed by atoms with Crippen LogP contribution in [-0.2, 0) is 4.79 Å². The quantitative estimate of drug-likeness (QED) is 0.829. The number of nitrogens with zero attached hydrogens (tertiary/aromatic N) is 1. The Morgan fingerprint density at radius 3 is 2.61 bits per heavy atom. The van der Waals surface area contributed by atoms with Crippen molar-refractivity contribution >= 4 is 17.6 Å². The maximum absolute atomic E-state index is 12.2. The zero-order valence-corrected chi connectivity index (χ0v) is 10.6. The monoisotopic (exact) mass is 248 g/mol. The molecule has 2 rings (SSSR count). The number of hydrogen-bond donors (Lipinski definition) is 1. The first-order chi connectivity index (χ1) is 8.54. The van der Waals surface area contributed by atoms with Crippen molar-refractivity contribution in [2.75, 3.05) is 12.0 Å². The van der Waals surface area contributed by atoms with Gasteiger partial charge in [-0.3, -0.25) is 4.79 Å². The number of anilines is 1. The molecular weight excluding hydrogens is 232 g/mol. The second kappa shape index (κ2) is 4.68. The Morgan fingerprint density at radius 2 is 2.06 bits per heavy atom. The summed E-state index contributed by atoms with van der Waals surface area (Å²) in [4.78, 5) is 25.2. The van der Waals surface area contributed by atoms with Crippen molar-refractivity contribution < 1.29 is 14.3 Å². The fraction of sp³-hybridized carbons (Fsp3) is 0.385. The highest BCUT2D eigenvalue weighted by atomic mass is 16.5. The van der Waals surface area contributed by atoms with Crippen molar-refractivity contribution in [1.82, 2.24) is 5.32 Å². The molecule has 18 heavy (non-hydrogen) atoms. The molecule has 0 radical (unpaired) electrons. The molecule has 1 atom stereocenters. The number of methoxy groups -OCH3 is 1. The summed E-state index contributed by atoms with van der Waals surface area (Å²) in [6, 6.07) is 6.05. The Balaban J connectivity index is 2.33. The van der Waals surface area contributed by atoms with E-state index >= 15 is 0 Å². The molecule has 1 aromatic rings. The molecule has 1 saturated heterocycles. The first-order valence-corrected chi connectivity index (χ1v) is 5.83. The van der Waals surface area contributed by atoms with Crippen molar-refractivity contribution in [3.63, 3.8) is 0 Å². The molecule has 0 aliphatic carbocycles. The minimum absolute atomic E-state index is 0.0667. The van der Waals surface area contributed by atoms with Gasteiger partial charge in [0, 0.05) is 6.07 Å². The maximum Gasteiger partial charge on any atom is 0.329 e. The smallest absolute Gasteiger partial charge is 0.329 e. The molecule has 5 heteroatoms. The predicted octanol–water partition coefficient (Wildman–Crippen LogP) is 1.78. The van der Waals surface area contributed by atoms with Gasteiger partial charge in [-0.1, -0.05) is 19.9 Å². The van der Waals surface area contributed by atoms with E-state index in [2.05, 4.69) is 5.32 Å². The van der Waals surface area contributed by atoms with Crippen molar-refractivity contribution in [2.45, 2.75) is 19.9 Å². The first kappa shape index (κ1) is 12.4. The standard InChI is InChI=1S/C13H16N2O3/c1-8(2)11-12(16)15(13(17)14-11)9-5-4-6-10(7-9)18-3/h4-8,11H,1-3H3,(H,14,17). The first-order valence-electron chi connectivity index (χ1n) is 5.83. The number of hydrogen-bond acceptors (Lipinski definition) is 3. The zero-order valence-electron chi connectivity index (χ0n) is 10.6. The Labute approximate surface area is 106 Å². The molecule has 1 heterocycles. The van der Waals surface area contributed by atoms with E-state index in [1.807, 2.05) is 13.8 Å². The summed E-state index contributed by atoms with van der Waals surface area (Å²) < 4.78 is 5.09. The van der Waals surface area contributed by atoms with E-state index in [1.54, 1.807) is 31.4 Å². The second-order valence-corrected chi connectivity index (χ2v) is 4.55. The van der Waals surface area contributed by atoms with Crippen LogP contribution in [0.2, 0.25) is 0 Å². The Kier molecular flexibility index (Phi) is 3.23. The number of carbonyl (C=O) groups is 2. The van der Waals surface area contributed by atoms with E-state index in [0.717, 1.165) is 4.90 Å². The zero-order chi connectivity index (χ0) is 13.3. The van der Waals surface area contributed by atoms with E-state index < -0.39 is 6.04 Å². The van der Waals surface area contributed by atoms with Crippen molar-refractivity contribution in [1.29, 1.82) is 0 Å². The highest BCUT2D eigenvalue weighted by Gasteiger charge is 2.40. The lowest BCUT2D eigenvalue weighted by Gasteiger charge is -2.15. The summed E-state index contributed by atoms with van der Waals surface area (Å²) in [5, 5.41) is 2.69. The highest BCUT2D eigenvalue weighted by Crippen LogP contribution is 2.25. The third-order valence-corrected chi connectivity index (χ3v) is 2.95. The molecule has 1 N–H and O–H groups in total. The van der Waals surface area contributed by atoms with Crippen LogP contribution >= 0.6 is 0 Å². The van der Waals surface area contributed by atoms with Gasteiger partial charge in [-0.2, -0.15) is 0 Å². The van der Waals surface area contributed by atoms with Crippen LogP contribution in [0.4, 0.5) is 10.5 Å². The van der Waals surface area contributed by atoms with Crippen LogP contribution in [0.25, 0.3) is 0 Å². The van der Waals surface area contributed by atoms with Crippen LogP contribution in [0.1, 0.15) is 13.8 Å². The van der Waals surface area contributed by atoms with Crippen molar-refractivity contribution in [3.05, 3.63) is 24.3 Å². The summed E-state index contributed by atoms with van der Waals surface area (Å²) in [5.41, 5.74) is 0.528. The number of rotatable bonds is 3. The lowest BCUT2D eigenvalue weighted by molar-refractivity contribution is -0.119. The van der Waals surface area contributed by atoms with E-state index in [1.165, 1.54) is 0 Å². The number of carbonyl (C=O) groups excluding carboxylic acids is 2. The van der Waals surface area contributed by atoms with Crippen LogP contribution in [0.3, 0.4) is 0 Å². The van der Waals surface area contributed by atoms with Gasteiger partial charge in [0.25, 0.3) is 5.91 Å². The predicted molar refractivity (Wildman–Crippen MR) is 67.6 cm³/mol. The van der Waals surface area contributed by atoms with Crippen LogP contribution in [0.15, 0.2) is 24.3 Å². The largest absolute Gasteiger partial charge is 0.497 e. The Hall–Kier alpha value is -2.04. The van der Waals surface area contributed by atoms with Gasteiger partial charge >= 0.3 is 6.03 Å². The average Bonchev–Trinajstić information content (AvgIpc) is 2.65. The van der Waals surface area contributed by atoms with E-state index in [9.17, 15) is 9.59 Å². The average molecular weight is 248 g/mol. The molecule has 96 valence electrons. The molecule has 1 fully saturated rings. The van der Waals surface area contributed by atoms with Crippen molar-refractivity contribution in [3.8, 4) is 5.75 Å². The minimum Gasteiger partial charge on any atom is -0.497 e. The van der Waals surface area contributed by atoms with Gasteiger partial charge in [0.15, 0.2) is 0 Å². The fourth-order valence-corrected chi connectivity index (χ4v) is 1.94. The van der Waals surface area contributed by atoms with Crippen LogP contribution in [0.5, 0.6) is 5.75 Å². The Bertz CT molecular complexity index is 485. The summed E-state index contributed by atoms with van der Waals surface area (Å²) in [5.74, 6) is 0.460. The summed E-state index contributed by atoms with van der Waals surface area (Å²) in [6.45, 7) is 3.80. The molecule has 3 amide bonds. The van der Waals surface area contributed by atoms with Crippen molar-refractivity contribution in [2.24, 2.45) is 5.92 Å². The summed E-state index contributed by atoms with van der Waals surface area (Å²) in [6.07, 6.45) is 0. The lowest BCUT2D eigenvalue weighted by atomic mass is 10.0. The SMILES string of the molecule is COc1cccc(N2C(=O)NC(C(C)C)C2=O)c1. The van der Waals surface area contributed by atoms with E-state index in [0.29, 0.717) is 11.4 Å². The molecule has 1 unspecified atom stereocenters. The van der Waals surface area contributed by atoms with Gasteiger partial charge in [0.2, 0.25) is 0 Å². The van der Waals surface area contributed by atoms with Crippen LogP contribution in [0, 0.1) is 5.92 Å². The third-order valence-electron chi connectivity index (χ3n) is 2.95. The maximum atomic E-state index is 12.2. The number of benzene rings is 1. The van der Waals surface area contributed by atoms with Gasteiger partial charge in [-0.15, -0.1) is 0 Å². The van der Waals surface area contributed by atoms with Crippen LogP contribution < -0.4 is 15.0 Å². The third kappa shape index (κ3) is 2.03. The molecule has 1 aromatic carbocycles. The molecule has 0 spiro atoms. The molecule has 0 saturated carbocycles. The number of imide groups is 1. The van der Waals surface area contributed by atoms with Gasteiger partial charge in [0.1, 0.15) is 11.8 Å². The number of nitrogens with one attached hydrogen (secondary N) is 1. The number of urea groups is 1. The molecule has 0 aromatic heterocycles. The minimum atomic E-state index is -0.455. The fourth-order valence-electron chi connectivity index (χ4n) is 1.94. The normalized spacial score (nSPS) is 19.3. The molecule has 5 nitrogen and oxygen atoms in total. The molecule has 1 aliphatic heterocycles.